The normalized spacial score (nSPS) is 11.1. The third kappa shape index (κ3) is 4.46. The average molecular weight is 425 g/mol. The highest BCUT2D eigenvalue weighted by atomic mass is 32.2. The molecule has 1 N–H and O–H groups in total. The number of methoxy groups -OCH3 is 1. The summed E-state index contributed by atoms with van der Waals surface area (Å²) in [4.78, 5) is 12.7. The second-order valence-corrected chi connectivity index (χ2v) is 8.94. The standard InChI is InChI=1S/C23H24N2O4S/c1-16-5-6-17(2)22(15-16)24-23(26)18-7-9-19(10-8-18)25(3)30(27,28)21-13-11-20(29-4)12-14-21/h5-15H,1-4H3,(H,24,26). The fourth-order valence-corrected chi connectivity index (χ4v) is 4.13. The number of nitrogens with zero attached hydrogens (tertiary/aromatic N) is 1. The molecule has 0 aliphatic heterocycles. The lowest BCUT2D eigenvalue weighted by Crippen LogP contribution is -2.26. The van der Waals surface area contributed by atoms with Crippen molar-refractivity contribution in [2.24, 2.45) is 0 Å². The molecule has 0 heterocycles. The first-order chi connectivity index (χ1) is 14.2. The summed E-state index contributed by atoms with van der Waals surface area (Å²) in [6, 6.07) is 18.5. The van der Waals surface area contributed by atoms with Crippen LogP contribution in [0.3, 0.4) is 0 Å². The molecule has 0 aliphatic carbocycles. The zero-order valence-electron chi connectivity index (χ0n) is 17.3. The number of ether oxygens (including phenoxy) is 1. The number of anilines is 2. The van der Waals surface area contributed by atoms with E-state index < -0.39 is 10.0 Å². The summed E-state index contributed by atoms with van der Waals surface area (Å²) in [5.74, 6) is 0.326. The fourth-order valence-electron chi connectivity index (χ4n) is 2.93. The summed E-state index contributed by atoms with van der Waals surface area (Å²) in [7, 11) is -0.733. The Morgan fingerprint density at radius 1 is 0.933 bits per heavy atom. The molecule has 156 valence electrons. The number of sulfonamides is 1. The maximum atomic E-state index is 12.9. The first-order valence-corrected chi connectivity index (χ1v) is 10.8. The van der Waals surface area contributed by atoms with E-state index in [-0.39, 0.29) is 10.8 Å². The van der Waals surface area contributed by atoms with Gasteiger partial charge in [-0.05, 0) is 79.6 Å². The third-order valence-electron chi connectivity index (χ3n) is 4.85. The molecule has 0 bridgehead atoms. The summed E-state index contributed by atoms with van der Waals surface area (Å²) in [6.07, 6.45) is 0. The van der Waals surface area contributed by atoms with Crippen molar-refractivity contribution in [3.63, 3.8) is 0 Å². The van der Waals surface area contributed by atoms with Crippen molar-refractivity contribution in [3.05, 3.63) is 83.4 Å². The number of benzene rings is 3. The predicted molar refractivity (Wildman–Crippen MR) is 119 cm³/mol. The van der Waals surface area contributed by atoms with Crippen LogP contribution in [0.25, 0.3) is 0 Å². The topological polar surface area (TPSA) is 75.7 Å². The number of hydrogen-bond donors (Lipinski definition) is 1. The van der Waals surface area contributed by atoms with E-state index >= 15 is 0 Å². The van der Waals surface area contributed by atoms with Gasteiger partial charge in [-0.1, -0.05) is 12.1 Å². The largest absolute Gasteiger partial charge is 0.497 e. The molecule has 0 aromatic heterocycles. The second-order valence-electron chi connectivity index (χ2n) is 6.97. The molecule has 0 fully saturated rings. The highest BCUT2D eigenvalue weighted by Gasteiger charge is 2.21. The maximum absolute atomic E-state index is 12.9. The number of amides is 1. The lowest BCUT2D eigenvalue weighted by atomic mass is 10.1. The van der Waals surface area contributed by atoms with Crippen molar-refractivity contribution < 1.29 is 17.9 Å². The summed E-state index contributed by atoms with van der Waals surface area (Å²) in [5.41, 5.74) is 3.67. The summed E-state index contributed by atoms with van der Waals surface area (Å²) >= 11 is 0. The van der Waals surface area contributed by atoms with Gasteiger partial charge in [-0.3, -0.25) is 9.10 Å². The van der Waals surface area contributed by atoms with Gasteiger partial charge in [0.1, 0.15) is 5.75 Å². The van der Waals surface area contributed by atoms with E-state index in [9.17, 15) is 13.2 Å². The van der Waals surface area contributed by atoms with Crippen molar-refractivity contribution in [2.45, 2.75) is 18.7 Å². The molecular weight excluding hydrogens is 400 g/mol. The lowest BCUT2D eigenvalue weighted by Gasteiger charge is -2.20. The van der Waals surface area contributed by atoms with Gasteiger partial charge in [-0.2, -0.15) is 0 Å². The van der Waals surface area contributed by atoms with Gasteiger partial charge >= 0.3 is 0 Å². The number of carbonyl (C=O) groups is 1. The van der Waals surface area contributed by atoms with E-state index in [1.54, 1.807) is 36.4 Å². The summed E-state index contributed by atoms with van der Waals surface area (Å²) in [5, 5.41) is 2.90. The Hall–Kier alpha value is -3.32. The Morgan fingerprint density at radius 3 is 2.17 bits per heavy atom. The minimum atomic E-state index is -3.73. The van der Waals surface area contributed by atoms with Crippen molar-refractivity contribution in [1.29, 1.82) is 0 Å². The molecule has 30 heavy (non-hydrogen) atoms. The molecule has 0 atom stereocenters. The Kier molecular flexibility index (Phi) is 6.12. The highest BCUT2D eigenvalue weighted by Crippen LogP contribution is 2.24. The van der Waals surface area contributed by atoms with Crippen LogP contribution in [0.4, 0.5) is 11.4 Å². The Labute approximate surface area is 177 Å². The van der Waals surface area contributed by atoms with Crippen LogP contribution in [0, 0.1) is 13.8 Å². The quantitative estimate of drug-likeness (QED) is 0.637. The number of nitrogens with one attached hydrogen (secondary N) is 1. The van der Waals surface area contributed by atoms with Crippen molar-refractivity contribution in [1.82, 2.24) is 0 Å². The van der Waals surface area contributed by atoms with Crippen LogP contribution in [0.2, 0.25) is 0 Å². The highest BCUT2D eigenvalue weighted by molar-refractivity contribution is 7.92. The van der Waals surface area contributed by atoms with Crippen LogP contribution in [0.15, 0.2) is 71.6 Å². The molecule has 6 nitrogen and oxygen atoms in total. The molecule has 3 aromatic carbocycles. The Morgan fingerprint density at radius 2 is 1.57 bits per heavy atom. The fraction of sp³-hybridized carbons (Fsp3) is 0.174. The van der Waals surface area contributed by atoms with Gasteiger partial charge in [0, 0.05) is 18.3 Å². The Bertz CT molecular complexity index is 1150. The molecule has 0 saturated heterocycles. The van der Waals surface area contributed by atoms with Gasteiger partial charge in [-0.15, -0.1) is 0 Å². The van der Waals surface area contributed by atoms with Crippen molar-refractivity contribution in [2.75, 3.05) is 23.8 Å². The van der Waals surface area contributed by atoms with E-state index in [2.05, 4.69) is 5.32 Å². The number of rotatable bonds is 6. The molecule has 3 aromatic rings. The summed E-state index contributed by atoms with van der Waals surface area (Å²) < 4.78 is 32.0. The first-order valence-electron chi connectivity index (χ1n) is 9.34. The van der Waals surface area contributed by atoms with E-state index in [1.807, 2.05) is 32.0 Å². The van der Waals surface area contributed by atoms with Crippen LogP contribution < -0.4 is 14.4 Å². The van der Waals surface area contributed by atoms with Gasteiger partial charge < -0.3 is 10.1 Å². The third-order valence-corrected chi connectivity index (χ3v) is 6.65. The van der Waals surface area contributed by atoms with Crippen molar-refractivity contribution >= 4 is 27.3 Å². The number of carbonyl (C=O) groups excluding carboxylic acids is 1. The molecule has 0 unspecified atom stereocenters. The predicted octanol–water partition coefficient (Wildman–Crippen LogP) is 4.39. The van der Waals surface area contributed by atoms with Crippen molar-refractivity contribution in [3.8, 4) is 5.75 Å². The van der Waals surface area contributed by atoms with Gasteiger partial charge in [0.05, 0.1) is 17.7 Å². The van der Waals surface area contributed by atoms with Crippen LogP contribution in [-0.2, 0) is 10.0 Å². The Balaban J connectivity index is 1.78. The molecule has 0 radical (unpaired) electrons. The van der Waals surface area contributed by atoms with Crippen LogP contribution in [0.5, 0.6) is 5.75 Å². The molecule has 7 heteroatoms. The maximum Gasteiger partial charge on any atom is 0.264 e. The van der Waals surface area contributed by atoms with Gasteiger partial charge in [-0.25, -0.2) is 8.42 Å². The van der Waals surface area contributed by atoms with E-state index in [4.69, 9.17) is 4.74 Å². The minimum Gasteiger partial charge on any atom is -0.497 e. The van der Waals surface area contributed by atoms with E-state index in [1.165, 1.54) is 30.6 Å². The monoisotopic (exact) mass is 424 g/mol. The molecular formula is C23H24N2O4S. The van der Waals surface area contributed by atoms with Crippen LogP contribution in [-0.4, -0.2) is 28.5 Å². The van der Waals surface area contributed by atoms with Gasteiger partial charge in [0.2, 0.25) is 0 Å². The van der Waals surface area contributed by atoms with Gasteiger partial charge in [0.15, 0.2) is 0 Å². The van der Waals surface area contributed by atoms with E-state index in [0.717, 1.165) is 16.8 Å². The molecule has 3 rings (SSSR count). The second kappa shape index (κ2) is 8.59. The van der Waals surface area contributed by atoms with Crippen LogP contribution >= 0.6 is 0 Å². The molecule has 0 spiro atoms. The smallest absolute Gasteiger partial charge is 0.264 e. The number of hydrogen-bond acceptors (Lipinski definition) is 4. The first kappa shape index (κ1) is 21.4. The average Bonchev–Trinajstić information content (AvgIpc) is 2.75. The SMILES string of the molecule is COc1ccc(S(=O)(=O)N(C)c2ccc(C(=O)Nc3cc(C)ccc3C)cc2)cc1. The zero-order valence-corrected chi connectivity index (χ0v) is 18.2. The molecule has 0 aliphatic rings. The van der Waals surface area contributed by atoms with Crippen LogP contribution in [0.1, 0.15) is 21.5 Å². The molecule has 0 saturated carbocycles. The zero-order chi connectivity index (χ0) is 21.9. The number of aryl methyl sites for hydroxylation is 2. The summed E-state index contributed by atoms with van der Waals surface area (Å²) in [6.45, 7) is 3.89. The lowest BCUT2D eigenvalue weighted by molar-refractivity contribution is 0.102. The minimum absolute atomic E-state index is 0.155. The molecule has 1 amide bonds. The van der Waals surface area contributed by atoms with E-state index in [0.29, 0.717) is 17.0 Å². The van der Waals surface area contributed by atoms with Gasteiger partial charge in [0.25, 0.3) is 15.9 Å².